The molecule has 1 aromatic carbocycles. The lowest BCUT2D eigenvalue weighted by molar-refractivity contribution is 0.191. The molecule has 1 aliphatic heterocycles. The minimum atomic E-state index is -1.80. The quantitative estimate of drug-likeness (QED) is 0.601. The Morgan fingerprint density at radius 3 is 2.12 bits per heavy atom. The molecular formula is C10H10ClF4N. The zero-order valence-corrected chi connectivity index (χ0v) is 9.01. The Hall–Kier alpha value is -0.810. The summed E-state index contributed by atoms with van der Waals surface area (Å²) in [7, 11) is 0. The SMILES string of the molecule is Cl.Fc1cc(C2(F)CCNC2)cc(F)c1F. The predicted octanol–water partition coefficient (Wildman–Crippen LogP) is 2.68. The largest absolute Gasteiger partial charge is 0.313 e. The molecule has 1 aliphatic rings. The van der Waals surface area contributed by atoms with Crippen molar-refractivity contribution in [2.75, 3.05) is 13.1 Å². The first kappa shape index (κ1) is 13.3. The van der Waals surface area contributed by atoms with Gasteiger partial charge in [-0.15, -0.1) is 12.4 Å². The van der Waals surface area contributed by atoms with Crippen LogP contribution in [0.15, 0.2) is 12.1 Å². The maximum Gasteiger partial charge on any atom is 0.194 e. The minimum absolute atomic E-state index is 0. The molecule has 1 saturated heterocycles. The Labute approximate surface area is 96.3 Å². The van der Waals surface area contributed by atoms with E-state index in [2.05, 4.69) is 5.32 Å². The van der Waals surface area contributed by atoms with Crippen LogP contribution in [0.2, 0.25) is 0 Å². The molecule has 1 nitrogen and oxygen atoms in total. The van der Waals surface area contributed by atoms with Crippen LogP contribution in [0.3, 0.4) is 0 Å². The van der Waals surface area contributed by atoms with Crippen molar-refractivity contribution >= 4 is 12.4 Å². The minimum Gasteiger partial charge on any atom is -0.313 e. The first-order valence-corrected chi connectivity index (χ1v) is 4.57. The summed E-state index contributed by atoms with van der Waals surface area (Å²) in [5.41, 5.74) is -1.95. The van der Waals surface area contributed by atoms with Gasteiger partial charge in [0, 0.05) is 6.54 Å². The molecule has 6 heteroatoms. The van der Waals surface area contributed by atoms with Gasteiger partial charge in [0.1, 0.15) is 5.67 Å². The van der Waals surface area contributed by atoms with Gasteiger partial charge in [-0.2, -0.15) is 0 Å². The third-order valence-electron chi connectivity index (χ3n) is 2.60. The first-order chi connectivity index (χ1) is 7.03. The van der Waals surface area contributed by atoms with Gasteiger partial charge < -0.3 is 5.32 Å². The molecule has 1 fully saturated rings. The van der Waals surface area contributed by atoms with Gasteiger partial charge in [-0.1, -0.05) is 0 Å². The topological polar surface area (TPSA) is 12.0 Å². The molecule has 90 valence electrons. The molecule has 0 spiro atoms. The predicted molar refractivity (Wildman–Crippen MR) is 53.8 cm³/mol. The van der Waals surface area contributed by atoms with Crippen LogP contribution in [0.25, 0.3) is 0 Å². The van der Waals surface area contributed by atoms with Gasteiger partial charge in [0.25, 0.3) is 0 Å². The van der Waals surface area contributed by atoms with Crippen molar-refractivity contribution in [1.82, 2.24) is 5.32 Å². The maximum absolute atomic E-state index is 14.0. The molecule has 0 saturated carbocycles. The number of rotatable bonds is 1. The average Bonchev–Trinajstić information content (AvgIpc) is 2.62. The van der Waals surface area contributed by atoms with Gasteiger partial charge in [0.15, 0.2) is 17.5 Å². The van der Waals surface area contributed by atoms with E-state index in [9.17, 15) is 17.6 Å². The van der Waals surface area contributed by atoms with Crippen molar-refractivity contribution in [2.24, 2.45) is 0 Å². The monoisotopic (exact) mass is 255 g/mol. The van der Waals surface area contributed by atoms with E-state index in [4.69, 9.17) is 0 Å². The molecule has 0 aliphatic carbocycles. The van der Waals surface area contributed by atoms with Crippen molar-refractivity contribution < 1.29 is 17.6 Å². The molecule has 1 atom stereocenters. The van der Waals surface area contributed by atoms with Crippen LogP contribution in [0.4, 0.5) is 17.6 Å². The standard InChI is InChI=1S/C10H9F4N.ClH/c11-7-3-6(4-8(12)9(7)13)10(14)1-2-15-5-10;/h3-4,15H,1-2,5H2;1H. The molecular weight excluding hydrogens is 246 g/mol. The normalized spacial score (nSPS) is 24.2. The molecule has 1 unspecified atom stereocenters. The smallest absolute Gasteiger partial charge is 0.194 e. The number of hydrogen-bond donors (Lipinski definition) is 1. The van der Waals surface area contributed by atoms with Crippen LogP contribution < -0.4 is 5.32 Å². The second-order valence-corrected chi connectivity index (χ2v) is 3.65. The van der Waals surface area contributed by atoms with E-state index in [-0.39, 0.29) is 30.9 Å². The number of nitrogens with one attached hydrogen (secondary N) is 1. The van der Waals surface area contributed by atoms with Gasteiger partial charge in [-0.3, -0.25) is 0 Å². The third-order valence-corrected chi connectivity index (χ3v) is 2.60. The van der Waals surface area contributed by atoms with Crippen LogP contribution in [0.5, 0.6) is 0 Å². The number of halogens is 5. The number of benzene rings is 1. The van der Waals surface area contributed by atoms with Crippen molar-refractivity contribution in [2.45, 2.75) is 12.1 Å². The Morgan fingerprint density at radius 1 is 1.12 bits per heavy atom. The van der Waals surface area contributed by atoms with Crippen LogP contribution in [0, 0.1) is 17.5 Å². The molecule has 0 amide bonds. The number of alkyl halides is 1. The van der Waals surface area contributed by atoms with E-state index < -0.39 is 23.1 Å². The molecule has 1 heterocycles. The Morgan fingerprint density at radius 2 is 1.69 bits per heavy atom. The summed E-state index contributed by atoms with van der Waals surface area (Å²) in [4.78, 5) is 0. The van der Waals surface area contributed by atoms with Gasteiger partial charge in [-0.05, 0) is 30.7 Å². The lowest BCUT2D eigenvalue weighted by Crippen LogP contribution is -2.23. The van der Waals surface area contributed by atoms with Crippen molar-refractivity contribution in [3.63, 3.8) is 0 Å². The molecule has 16 heavy (non-hydrogen) atoms. The third kappa shape index (κ3) is 2.15. The van der Waals surface area contributed by atoms with E-state index in [1.165, 1.54) is 0 Å². The van der Waals surface area contributed by atoms with Crippen molar-refractivity contribution in [3.8, 4) is 0 Å². The van der Waals surface area contributed by atoms with E-state index in [1.807, 2.05) is 0 Å². The highest BCUT2D eigenvalue weighted by atomic mass is 35.5. The molecule has 0 bridgehead atoms. The average molecular weight is 256 g/mol. The Balaban J connectivity index is 0.00000128. The highest BCUT2D eigenvalue weighted by Crippen LogP contribution is 2.33. The van der Waals surface area contributed by atoms with Crippen LogP contribution in [0.1, 0.15) is 12.0 Å². The fourth-order valence-corrected chi connectivity index (χ4v) is 1.72. The summed E-state index contributed by atoms with van der Waals surface area (Å²) >= 11 is 0. The Bertz CT molecular complexity index is 367. The van der Waals surface area contributed by atoms with E-state index in [0.717, 1.165) is 0 Å². The zero-order valence-electron chi connectivity index (χ0n) is 8.20. The lowest BCUT2D eigenvalue weighted by Gasteiger charge is -2.18. The van der Waals surface area contributed by atoms with Crippen LogP contribution in [-0.2, 0) is 5.67 Å². The summed E-state index contributed by atoms with van der Waals surface area (Å²) in [5, 5.41) is 2.75. The van der Waals surface area contributed by atoms with Gasteiger partial charge in [-0.25, -0.2) is 17.6 Å². The van der Waals surface area contributed by atoms with E-state index in [0.29, 0.717) is 18.7 Å². The van der Waals surface area contributed by atoms with Gasteiger partial charge in [0.05, 0.1) is 0 Å². The fraction of sp³-hybridized carbons (Fsp3) is 0.400. The molecule has 0 aromatic heterocycles. The molecule has 1 N–H and O–H groups in total. The lowest BCUT2D eigenvalue weighted by atomic mass is 9.95. The molecule has 2 rings (SSSR count). The summed E-state index contributed by atoms with van der Waals surface area (Å²) in [6, 6.07) is 1.43. The van der Waals surface area contributed by atoms with Gasteiger partial charge >= 0.3 is 0 Å². The highest BCUT2D eigenvalue weighted by molar-refractivity contribution is 5.85. The van der Waals surface area contributed by atoms with E-state index in [1.54, 1.807) is 0 Å². The summed E-state index contributed by atoms with van der Waals surface area (Å²) in [5.74, 6) is -4.27. The van der Waals surface area contributed by atoms with Crippen LogP contribution in [-0.4, -0.2) is 13.1 Å². The summed E-state index contributed by atoms with van der Waals surface area (Å²) in [6.07, 6.45) is 0.136. The maximum atomic E-state index is 14.0. The Kier molecular flexibility index (Phi) is 3.80. The first-order valence-electron chi connectivity index (χ1n) is 4.57. The van der Waals surface area contributed by atoms with E-state index >= 15 is 0 Å². The molecule has 1 aromatic rings. The summed E-state index contributed by atoms with van der Waals surface area (Å²) < 4.78 is 52.4. The second kappa shape index (κ2) is 4.59. The summed E-state index contributed by atoms with van der Waals surface area (Å²) in [6.45, 7) is 0.439. The second-order valence-electron chi connectivity index (χ2n) is 3.65. The van der Waals surface area contributed by atoms with Crippen molar-refractivity contribution in [3.05, 3.63) is 35.1 Å². The van der Waals surface area contributed by atoms with Gasteiger partial charge in [0.2, 0.25) is 0 Å². The fourth-order valence-electron chi connectivity index (χ4n) is 1.72. The zero-order chi connectivity index (χ0) is 11.1. The van der Waals surface area contributed by atoms with Crippen molar-refractivity contribution in [1.29, 1.82) is 0 Å². The molecule has 0 radical (unpaired) electrons. The van der Waals surface area contributed by atoms with Crippen LogP contribution >= 0.6 is 12.4 Å². The number of hydrogen-bond acceptors (Lipinski definition) is 1. The highest BCUT2D eigenvalue weighted by Gasteiger charge is 2.36.